The Bertz CT molecular complexity index is 1060. The fraction of sp³-hybridized carbons (Fsp3) is 0.906. The zero-order valence-corrected chi connectivity index (χ0v) is 42.8. The lowest BCUT2D eigenvalue weighted by Crippen LogP contribution is -2.45. The fourth-order valence-electron chi connectivity index (χ4n) is 7.92. The van der Waals surface area contributed by atoms with Gasteiger partial charge in [-0.3, -0.25) is 13.8 Å². The van der Waals surface area contributed by atoms with E-state index in [2.05, 4.69) is 31.3 Å². The van der Waals surface area contributed by atoms with Crippen molar-refractivity contribution in [3.8, 4) is 0 Å². The molecule has 1 amide bonds. The average molecular weight is 898 g/mol. The van der Waals surface area contributed by atoms with E-state index in [-0.39, 0.29) is 19.1 Å². The van der Waals surface area contributed by atoms with E-state index in [9.17, 15) is 19.4 Å². The Labute approximate surface area is 385 Å². The van der Waals surface area contributed by atoms with Gasteiger partial charge in [0.05, 0.1) is 39.9 Å². The molecular formula is C53H106N2O6P+. The molecule has 8 nitrogen and oxygen atoms in total. The first-order valence-corrected chi connectivity index (χ1v) is 28.2. The second-order valence-corrected chi connectivity index (χ2v) is 21.1. The number of nitrogens with one attached hydrogen (secondary N) is 1. The average Bonchev–Trinajstić information content (AvgIpc) is 3.23. The van der Waals surface area contributed by atoms with E-state index < -0.39 is 20.0 Å². The van der Waals surface area contributed by atoms with Crippen LogP contribution < -0.4 is 5.32 Å². The number of allylic oxidation sites excluding steroid dienone is 3. The standard InChI is InChI=1S/C53H105N2O6P/c1-6-8-10-12-14-16-18-20-22-24-26-27-29-30-32-34-36-38-40-42-44-46-52(56)51(50-61-62(58,59)60-49-48-55(3,4)5)54-53(57)47-45-43-41-39-37-35-33-31-28-25-23-21-19-17-15-13-11-9-7-2/h25,28,44,46,51-52,56H,6-24,26-27,29-43,45,47-50H2,1-5H3,(H-,54,57,58,59)/p+1/b28-25-,46-44+. The lowest BCUT2D eigenvalue weighted by Gasteiger charge is -2.25. The number of nitrogens with zero attached hydrogens (tertiary/aromatic N) is 1. The van der Waals surface area contributed by atoms with Gasteiger partial charge in [-0.05, 0) is 44.9 Å². The molecule has 0 fully saturated rings. The molecule has 3 N–H and O–H groups in total. The number of likely N-dealkylation sites (N-methyl/N-ethyl adjacent to an activating group) is 1. The number of amides is 1. The highest BCUT2D eigenvalue weighted by atomic mass is 31.2. The normalized spacial score (nSPS) is 14.2. The predicted octanol–water partition coefficient (Wildman–Crippen LogP) is 15.6. The molecule has 9 heteroatoms. The smallest absolute Gasteiger partial charge is 0.387 e. The van der Waals surface area contributed by atoms with Crippen LogP contribution in [0.1, 0.15) is 258 Å². The van der Waals surface area contributed by atoms with Crippen molar-refractivity contribution in [3.63, 3.8) is 0 Å². The van der Waals surface area contributed by atoms with Crippen molar-refractivity contribution in [2.75, 3.05) is 40.9 Å². The van der Waals surface area contributed by atoms with Crippen LogP contribution in [0.4, 0.5) is 0 Å². The molecule has 0 saturated heterocycles. The van der Waals surface area contributed by atoms with Crippen LogP contribution in [0, 0.1) is 0 Å². The van der Waals surface area contributed by atoms with Gasteiger partial charge in [0.1, 0.15) is 13.2 Å². The van der Waals surface area contributed by atoms with Gasteiger partial charge >= 0.3 is 7.82 Å². The summed E-state index contributed by atoms with van der Waals surface area (Å²) in [6.07, 6.45) is 55.4. The molecule has 0 heterocycles. The number of carbonyl (C=O) groups excluding carboxylic acids is 1. The van der Waals surface area contributed by atoms with Gasteiger partial charge in [-0.25, -0.2) is 4.57 Å². The molecule has 0 aliphatic rings. The molecule has 368 valence electrons. The van der Waals surface area contributed by atoms with Gasteiger partial charge in [-0.15, -0.1) is 0 Å². The highest BCUT2D eigenvalue weighted by molar-refractivity contribution is 7.47. The Morgan fingerprint density at radius 2 is 0.871 bits per heavy atom. The topological polar surface area (TPSA) is 105 Å². The van der Waals surface area contributed by atoms with Crippen LogP contribution >= 0.6 is 7.82 Å². The first kappa shape index (κ1) is 61.0. The summed E-state index contributed by atoms with van der Waals surface area (Å²) >= 11 is 0. The number of hydrogen-bond donors (Lipinski definition) is 3. The van der Waals surface area contributed by atoms with Gasteiger partial charge in [0.2, 0.25) is 5.91 Å². The molecule has 0 spiro atoms. The third kappa shape index (κ3) is 47.0. The SMILES string of the molecule is CCCCCCCCCC/C=C\CCCCCCCCCC(=O)NC(COP(=O)(O)OCC[N+](C)(C)C)C(O)/C=C/CCCCCCCCCCCCCCCCCCCCC. The summed E-state index contributed by atoms with van der Waals surface area (Å²) in [7, 11) is 1.58. The van der Waals surface area contributed by atoms with Gasteiger partial charge in [0, 0.05) is 6.42 Å². The van der Waals surface area contributed by atoms with Crippen molar-refractivity contribution in [2.45, 2.75) is 270 Å². The van der Waals surface area contributed by atoms with Gasteiger partial charge in [0.15, 0.2) is 0 Å². The second-order valence-electron chi connectivity index (χ2n) is 19.6. The van der Waals surface area contributed by atoms with Gasteiger partial charge in [-0.1, -0.05) is 231 Å². The Morgan fingerprint density at radius 1 is 0.532 bits per heavy atom. The number of quaternary nitrogens is 1. The Morgan fingerprint density at radius 3 is 1.24 bits per heavy atom. The van der Waals surface area contributed by atoms with Crippen LogP contribution in [0.3, 0.4) is 0 Å². The van der Waals surface area contributed by atoms with Crippen molar-refractivity contribution < 1.29 is 32.9 Å². The third-order valence-corrected chi connectivity index (χ3v) is 13.1. The highest BCUT2D eigenvalue weighted by Crippen LogP contribution is 2.43. The minimum absolute atomic E-state index is 0.0622. The fourth-order valence-corrected chi connectivity index (χ4v) is 8.66. The molecule has 0 aliphatic heterocycles. The number of phosphoric ester groups is 1. The minimum atomic E-state index is -4.34. The molecule has 0 aromatic carbocycles. The largest absolute Gasteiger partial charge is 0.472 e. The van der Waals surface area contributed by atoms with E-state index in [1.807, 2.05) is 27.2 Å². The zero-order valence-electron chi connectivity index (χ0n) is 41.9. The van der Waals surface area contributed by atoms with E-state index >= 15 is 0 Å². The summed E-state index contributed by atoms with van der Waals surface area (Å²) < 4.78 is 23.7. The summed E-state index contributed by atoms with van der Waals surface area (Å²) in [6, 6.07) is -0.847. The van der Waals surface area contributed by atoms with Crippen molar-refractivity contribution in [2.24, 2.45) is 0 Å². The lowest BCUT2D eigenvalue weighted by atomic mass is 10.0. The van der Waals surface area contributed by atoms with Crippen molar-refractivity contribution in [3.05, 3.63) is 24.3 Å². The van der Waals surface area contributed by atoms with Crippen molar-refractivity contribution in [1.29, 1.82) is 0 Å². The summed E-state index contributed by atoms with van der Waals surface area (Å²) in [4.78, 5) is 23.2. The van der Waals surface area contributed by atoms with Crippen LogP contribution in [0.5, 0.6) is 0 Å². The number of rotatable bonds is 49. The van der Waals surface area contributed by atoms with E-state index in [0.717, 1.165) is 38.5 Å². The molecule has 0 aromatic heterocycles. The number of unbranched alkanes of at least 4 members (excludes halogenated alkanes) is 34. The van der Waals surface area contributed by atoms with Crippen LogP contribution in [0.15, 0.2) is 24.3 Å². The molecule has 3 unspecified atom stereocenters. The first-order valence-electron chi connectivity index (χ1n) is 26.7. The molecule has 0 aliphatic carbocycles. The van der Waals surface area contributed by atoms with Gasteiger partial charge in [-0.2, -0.15) is 0 Å². The number of hydrogen-bond acceptors (Lipinski definition) is 5. The highest BCUT2D eigenvalue weighted by Gasteiger charge is 2.27. The molecule has 0 rings (SSSR count). The van der Waals surface area contributed by atoms with Crippen LogP contribution in [0.25, 0.3) is 0 Å². The molecule has 62 heavy (non-hydrogen) atoms. The van der Waals surface area contributed by atoms with E-state index in [1.54, 1.807) is 6.08 Å². The molecular weight excluding hydrogens is 792 g/mol. The molecule has 0 saturated carbocycles. The monoisotopic (exact) mass is 898 g/mol. The van der Waals surface area contributed by atoms with Crippen LogP contribution in [-0.2, 0) is 18.4 Å². The number of carbonyl (C=O) groups is 1. The quantitative estimate of drug-likeness (QED) is 0.0243. The maximum atomic E-state index is 12.9. The number of aliphatic hydroxyl groups is 1. The van der Waals surface area contributed by atoms with Crippen molar-refractivity contribution >= 4 is 13.7 Å². The lowest BCUT2D eigenvalue weighted by molar-refractivity contribution is -0.870. The molecule has 0 bridgehead atoms. The second kappa shape index (κ2) is 45.1. The summed E-state index contributed by atoms with van der Waals surface area (Å²) in [5, 5.41) is 13.9. The zero-order chi connectivity index (χ0) is 45.7. The van der Waals surface area contributed by atoms with Crippen molar-refractivity contribution in [1.82, 2.24) is 5.32 Å². The van der Waals surface area contributed by atoms with Gasteiger partial charge < -0.3 is 19.8 Å². The van der Waals surface area contributed by atoms with E-state index in [0.29, 0.717) is 17.4 Å². The Hall–Kier alpha value is -1.02. The van der Waals surface area contributed by atoms with Gasteiger partial charge in [0.25, 0.3) is 0 Å². The molecule has 0 aromatic rings. The first-order chi connectivity index (χ1) is 30.0. The summed E-state index contributed by atoms with van der Waals surface area (Å²) in [5.41, 5.74) is 0. The Kier molecular flexibility index (Phi) is 44.4. The van der Waals surface area contributed by atoms with E-state index in [4.69, 9.17) is 9.05 Å². The maximum absolute atomic E-state index is 12.9. The molecule has 3 atom stereocenters. The van der Waals surface area contributed by atoms with E-state index in [1.165, 1.54) is 199 Å². The minimum Gasteiger partial charge on any atom is -0.387 e. The molecule has 0 radical (unpaired) electrons. The van der Waals surface area contributed by atoms with Crippen LogP contribution in [0.2, 0.25) is 0 Å². The summed E-state index contributed by atoms with van der Waals surface area (Å²) in [6.45, 7) is 4.84. The third-order valence-electron chi connectivity index (χ3n) is 12.2. The summed E-state index contributed by atoms with van der Waals surface area (Å²) in [5.74, 6) is -0.178. The number of phosphoric acid groups is 1. The predicted molar refractivity (Wildman–Crippen MR) is 268 cm³/mol. The number of aliphatic hydroxyl groups excluding tert-OH is 1. The van der Waals surface area contributed by atoms with Crippen LogP contribution in [-0.4, -0.2) is 73.4 Å². The Balaban J connectivity index is 4.28. The maximum Gasteiger partial charge on any atom is 0.472 e.